The highest BCUT2D eigenvalue weighted by Gasteiger charge is 2.34. The van der Waals surface area contributed by atoms with E-state index >= 15 is 0 Å². The summed E-state index contributed by atoms with van der Waals surface area (Å²) in [5.41, 5.74) is 2.90. The first kappa shape index (κ1) is 20.0. The van der Waals surface area contributed by atoms with Crippen molar-refractivity contribution in [3.05, 3.63) is 75.4 Å². The Bertz CT molecular complexity index is 1330. The second-order valence-corrected chi connectivity index (χ2v) is 8.79. The lowest BCUT2D eigenvalue weighted by Gasteiger charge is -2.25. The molecule has 0 unspecified atom stereocenters. The van der Waals surface area contributed by atoms with Gasteiger partial charge < -0.3 is 5.11 Å². The normalized spacial score (nSPS) is 11.7. The number of aryl methyl sites for hydroxylation is 2. The van der Waals surface area contributed by atoms with Crippen molar-refractivity contribution in [2.45, 2.75) is 33.2 Å². The summed E-state index contributed by atoms with van der Waals surface area (Å²) >= 11 is 1.40. The molecule has 4 rings (SSSR count). The Labute approximate surface area is 178 Å². The Morgan fingerprint density at radius 3 is 2.37 bits per heavy atom. The minimum absolute atomic E-state index is 0.347. The molecule has 0 aliphatic rings. The smallest absolute Gasteiger partial charge is 0.329 e. The molecular formula is C24H22N2O3S. The van der Waals surface area contributed by atoms with E-state index < -0.39 is 11.5 Å². The molecule has 0 spiro atoms. The Balaban J connectivity index is 2.10. The van der Waals surface area contributed by atoms with Crippen molar-refractivity contribution in [3.63, 3.8) is 0 Å². The van der Waals surface area contributed by atoms with Crippen LogP contribution in [-0.4, -0.2) is 20.6 Å². The second kappa shape index (κ2) is 7.22. The van der Waals surface area contributed by atoms with Crippen LogP contribution >= 0.6 is 11.3 Å². The number of aromatic nitrogens is 2. The number of carboxylic acid groups (broad SMARTS) is 1. The van der Waals surface area contributed by atoms with Gasteiger partial charge in [0, 0.05) is 16.5 Å². The lowest BCUT2D eigenvalue weighted by Crippen LogP contribution is -2.44. The summed E-state index contributed by atoms with van der Waals surface area (Å²) in [6, 6.07) is 15.3. The topological polar surface area (TPSA) is 72.2 Å². The van der Waals surface area contributed by atoms with E-state index in [9.17, 15) is 14.7 Å². The molecule has 5 nitrogen and oxygen atoms in total. The molecule has 0 aliphatic heterocycles. The second-order valence-electron chi connectivity index (χ2n) is 7.93. The fourth-order valence-electron chi connectivity index (χ4n) is 3.51. The van der Waals surface area contributed by atoms with Crippen LogP contribution in [0.4, 0.5) is 0 Å². The van der Waals surface area contributed by atoms with Crippen LogP contribution in [0.25, 0.3) is 32.7 Å². The van der Waals surface area contributed by atoms with Gasteiger partial charge in [-0.3, -0.25) is 9.36 Å². The van der Waals surface area contributed by atoms with E-state index in [1.807, 2.05) is 67.8 Å². The van der Waals surface area contributed by atoms with Gasteiger partial charge in [-0.1, -0.05) is 48.5 Å². The number of hydrogen-bond donors (Lipinski definition) is 1. The van der Waals surface area contributed by atoms with Crippen molar-refractivity contribution in [1.82, 2.24) is 9.55 Å². The summed E-state index contributed by atoms with van der Waals surface area (Å²) in [5, 5.41) is 12.3. The van der Waals surface area contributed by atoms with E-state index in [2.05, 4.69) is 0 Å². The van der Waals surface area contributed by atoms with E-state index in [-0.39, 0.29) is 5.56 Å². The number of hydrogen-bond acceptors (Lipinski definition) is 4. The van der Waals surface area contributed by atoms with Crippen molar-refractivity contribution in [2.75, 3.05) is 0 Å². The van der Waals surface area contributed by atoms with Crippen molar-refractivity contribution in [1.29, 1.82) is 0 Å². The third-order valence-electron chi connectivity index (χ3n) is 5.54. The first-order chi connectivity index (χ1) is 14.2. The van der Waals surface area contributed by atoms with Crippen LogP contribution in [0.2, 0.25) is 0 Å². The van der Waals surface area contributed by atoms with Crippen LogP contribution in [0.1, 0.15) is 25.0 Å². The molecule has 0 atom stereocenters. The van der Waals surface area contributed by atoms with Gasteiger partial charge in [-0.25, -0.2) is 9.78 Å². The van der Waals surface area contributed by atoms with Gasteiger partial charge in [0.2, 0.25) is 0 Å². The molecule has 30 heavy (non-hydrogen) atoms. The van der Waals surface area contributed by atoms with Crippen LogP contribution in [-0.2, 0) is 10.3 Å². The maximum Gasteiger partial charge on any atom is 0.329 e. The van der Waals surface area contributed by atoms with Crippen LogP contribution < -0.4 is 5.56 Å². The maximum absolute atomic E-state index is 13.7. The third kappa shape index (κ3) is 3.13. The first-order valence-electron chi connectivity index (χ1n) is 9.63. The number of fused-ring (bicyclic) bond motifs is 1. The van der Waals surface area contributed by atoms with Crippen molar-refractivity contribution in [2.24, 2.45) is 0 Å². The average molecular weight is 419 g/mol. The number of nitrogens with zero attached hydrogens (tertiary/aromatic N) is 2. The van der Waals surface area contributed by atoms with E-state index in [0.717, 1.165) is 16.7 Å². The molecule has 0 saturated carbocycles. The summed E-state index contributed by atoms with van der Waals surface area (Å²) in [6.07, 6.45) is 0. The summed E-state index contributed by atoms with van der Waals surface area (Å²) in [4.78, 5) is 31.2. The number of carboxylic acids is 1. The summed E-state index contributed by atoms with van der Waals surface area (Å²) in [7, 11) is 0. The molecule has 6 heteroatoms. The summed E-state index contributed by atoms with van der Waals surface area (Å²) < 4.78 is 1.31. The first-order valence-corrected chi connectivity index (χ1v) is 10.5. The molecule has 0 aliphatic carbocycles. The maximum atomic E-state index is 13.7. The lowest BCUT2D eigenvalue weighted by molar-refractivity contribution is -0.145. The number of rotatable bonds is 4. The SMILES string of the molecule is Cc1ccc(-c2csc3nc(-c4ccccc4)n(C(C)(C)C(=O)O)c(=O)c23)cc1C. The highest BCUT2D eigenvalue weighted by atomic mass is 32.1. The van der Waals surface area contributed by atoms with Crippen LogP contribution in [0, 0.1) is 13.8 Å². The van der Waals surface area contributed by atoms with Gasteiger partial charge in [0.25, 0.3) is 5.56 Å². The van der Waals surface area contributed by atoms with Crippen LogP contribution in [0.15, 0.2) is 58.7 Å². The number of thiophene rings is 1. The Morgan fingerprint density at radius 2 is 1.73 bits per heavy atom. The van der Waals surface area contributed by atoms with Crippen molar-refractivity contribution in [3.8, 4) is 22.5 Å². The monoisotopic (exact) mass is 418 g/mol. The van der Waals surface area contributed by atoms with Crippen LogP contribution in [0.5, 0.6) is 0 Å². The molecule has 2 aromatic carbocycles. The molecule has 0 radical (unpaired) electrons. The number of aliphatic carboxylic acids is 1. The molecule has 0 saturated heterocycles. The average Bonchev–Trinajstić information content (AvgIpc) is 3.14. The summed E-state index contributed by atoms with van der Waals surface area (Å²) in [5.74, 6) is -0.736. The molecule has 0 amide bonds. The minimum Gasteiger partial charge on any atom is -0.480 e. The Hall–Kier alpha value is -3.25. The predicted octanol–water partition coefficient (Wildman–Crippen LogP) is 5.23. The highest BCUT2D eigenvalue weighted by molar-refractivity contribution is 7.17. The molecule has 0 bridgehead atoms. The molecule has 1 N–H and O–H groups in total. The van der Waals surface area contributed by atoms with Gasteiger partial charge in [-0.15, -0.1) is 11.3 Å². The van der Waals surface area contributed by atoms with E-state index in [0.29, 0.717) is 21.6 Å². The van der Waals surface area contributed by atoms with Gasteiger partial charge in [-0.05, 0) is 44.4 Å². The largest absolute Gasteiger partial charge is 0.480 e. The Morgan fingerprint density at radius 1 is 1.03 bits per heavy atom. The molecule has 152 valence electrons. The number of benzene rings is 2. The molecule has 0 fully saturated rings. The number of carbonyl (C=O) groups is 1. The molecule has 2 heterocycles. The van der Waals surface area contributed by atoms with E-state index in [4.69, 9.17) is 4.98 Å². The lowest BCUT2D eigenvalue weighted by atomic mass is 10.00. The van der Waals surface area contributed by atoms with Gasteiger partial charge >= 0.3 is 5.97 Å². The standard InChI is InChI=1S/C24H22N2O3S/c1-14-10-11-17(12-15(14)2)18-13-30-21-19(18)22(27)26(24(3,4)23(28)29)20(25-21)16-8-6-5-7-9-16/h5-13H,1-4H3,(H,28,29). The van der Waals surface area contributed by atoms with Gasteiger partial charge in [0.05, 0.1) is 5.39 Å². The molecule has 4 aromatic rings. The zero-order valence-electron chi connectivity index (χ0n) is 17.3. The van der Waals surface area contributed by atoms with E-state index in [1.54, 1.807) is 0 Å². The zero-order valence-corrected chi connectivity index (χ0v) is 18.1. The van der Waals surface area contributed by atoms with Crippen molar-refractivity contribution >= 4 is 27.5 Å². The quantitative estimate of drug-likeness (QED) is 0.493. The van der Waals surface area contributed by atoms with Crippen LogP contribution in [0.3, 0.4) is 0 Å². The predicted molar refractivity (Wildman–Crippen MR) is 121 cm³/mol. The fraction of sp³-hybridized carbons (Fsp3) is 0.208. The minimum atomic E-state index is -1.47. The zero-order chi connectivity index (χ0) is 21.6. The summed E-state index contributed by atoms with van der Waals surface area (Å²) in [6.45, 7) is 7.13. The van der Waals surface area contributed by atoms with Gasteiger partial charge in [-0.2, -0.15) is 0 Å². The molecular weight excluding hydrogens is 396 g/mol. The fourth-order valence-corrected chi connectivity index (χ4v) is 4.45. The van der Waals surface area contributed by atoms with Crippen molar-refractivity contribution < 1.29 is 9.90 Å². The highest BCUT2D eigenvalue weighted by Crippen LogP contribution is 2.34. The molecule has 2 aromatic heterocycles. The van der Waals surface area contributed by atoms with E-state index in [1.165, 1.54) is 35.3 Å². The Kier molecular flexibility index (Phi) is 4.82. The third-order valence-corrected chi connectivity index (χ3v) is 6.41. The van der Waals surface area contributed by atoms with Gasteiger partial charge in [0.15, 0.2) is 0 Å². The van der Waals surface area contributed by atoms with Gasteiger partial charge in [0.1, 0.15) is 16.2 Å².